The highest BCUT2D eigenvalue weighted by molar-refractivity contribution is 7.90. The molecule has 27 heavy (non-hydrogen) atoms. The van der Waals surface area contributed by atoms with Crippen LogP contribution in [0, 0.1) is 0 Å². The van der Waals surface area contributed by atoms with Gasteiger partial charge in [-0.2, -0.15) is 0 Å². The van der Waals surface area contributed by atoms with E-state index in [0.29, 0.717) is 19.7 Å². The first-order valence-electron chi connectivity index (χ1n) is 9.26. The van der Waals surface area contributed by atoms with E-state index in [2.05, 4.69) is 17.6 Å². The first kappa shape index (κ1) is 19.8. The lowest BCUT2D eigenvalue weighted by molar-refractivity contribution is 0.0707. The number of hydrogen-bond donors (Lipinski definition) is 2. The van der Waals surface area contributed by atoms with Crippen LogP contribution in [0.15, 0.2) is 23.1 Å². The number of benzene rings is 1. The molecule has 0 radical (unpaired) electrons. The summed E-state index contributed by atoms with van der Waals surface area (Å²) >= 11 is 0. The maximum absolute atomic E-state index is 12.8. The third kappa shape index (κ3) is 4.15. The van der Waals surface area contributed by atoms with Gasteiger partial charge in [-0.1, -0.05) is 6.92 Å². The number of carbonyl (C=O) groups excluding carboxylic acids is 2. The van der Waals surface area contributed by atoms with Gasteiger partial charge in [-0.15, -0.1) is 0 Å². The quantitative estimate of drug-likeness (QED) is 0.629. The predicted octanol–water partition coefficient (Wildman–Crippen LogP) is 0.740. The fourth-order valence-electron chi connectivity index (χ4n) is 3.24. The van der Waals surface area contributed by atoms with E-state index in [0.717, 1.165) is 30.1 Å². The van der Waals surface area contributed by atoms with Crippen molar-refractivity contribution in [1.29, 1.82) is 0 Å². The van der Waals surface area contributed by atoms with Gasteiger partial charge in [-0.05, 0) is 44.0 Å². The van der Waals surface area contributed by atoms with Gasteiger partial charge in [-0.3, -0.25) is 9.59 Å². The zero-order chi connectivity index (χ0) is 19.4. The third-order valence-electron chi connectivity index (χ3n) is 4.68. The summed E-state index contributed by atoms with van der Waals surface area (Å²) in [5.41, 5.74) is 0.328. The van der Waals surface area contributed by atoms with Gasteiger partial charge in [0.1, 0.15) is 4.90 Å². The molecule has 8 nitrogen and oxygen atoms in total. The molecule has 1 saturated heterocycles. The molecule has 0 aliphatic carbocycles. The van der Waals surface area contributed by atoms with Gasteiger partial charge in [0.05, 0.1) is 18.2 Å². The minimum Gasteiger partial charge on any atom is -0.376 e. The van der Waals surface area contributed by atoms with Gasteiger partial charge < -0.3 is 15.4 Å². The third-order valence-corrected chi connectivity index (χ3v) is 6.47. The van der Waals surface area contributed by atoms with Crippen molar-refractivity contribution in [2.45, 2.75) is 37.2 Å². The summed E-state index contributed by atoms with van der Waals surface area (Å²) in [6, 6.07) is 4.18. The van der Waals surface area contributed by atoms with Gasteiger partial charge in [0, 0.05) is 25.3 Å². The largest absolute Gasteiger partial charge is 0.376 e. The summed E-state index contributed by atoms with van der Waals surface area (Å²) < 4.78 is 31.9. The zero-order valence-corrected chi connectivity index (χ0v) is 16.2. The van der Waals surface area contributed by atoms with E-state index in [1.165, 1.54) is 18.2 Å². The van der Waals surface area contributed by atoms with Crippen LogP contribution in [0.5, 0.6) is 0 Å². The smallest absolute Gasteiger partial charge is 0.269 e. The molecule has 0 saturated carbocycles. The first-order valence-corrected chi connectivity index (χ1v) is 10.7. The lowest BCUT2D eigenvalue weighted by Crippen LogP contribution is -2.36. The molecule has 2 heterocycles. The molecule has 1 aromatic carbocycles. The number of carbonyl (C=O) groups is 2. The van der Waals surface area contributed by atoms with E-state index < -0.39 is 15.9 Å². The van der Waals surface area contributed by atoms with Crippen LogP contribution in [0.4, 0.5) is 0 Å². The number of hydrogen-bond acceptors (Lipinski definition) is 6. The lowest BCUT2D eigenvalue weighted by atomic mass is 10.1. The van der Waals surface area contributed by atoms with Gasteiger partial charge in [0.15, 0.2) is 0 Å². The molecule has 1 atom stereocenters. The van der Waals surface area contributed by atoms with Crippen LogP contribution in [-0.2, 0) is 14.8 Å². The number of nitrogens with zero attached hydrogens (tertiary/aromatic N) is 1. The van der Waals surface area contributed by atoms with Gasteiger partial charge in [0.25, 0.3) is 21.8 Å². The highest BCUT2D eigenvalue weighted by atomic mass is 32.2. The maximum atomic E-state index is 12.8. The highest BCUT2D eigenvalue weighted by Gasteiger charge is 2.43. The minimum absolute atomic E-state index is 0.0144. The van der Waals surface area contributed by atoms with E-state index in [9.17, 15) is 18.0 Å². The number of rotatable bonds is 8. The van der Waals surface area contributed by atoms with Crippen LogP contribution in [0.3, 0.4) is 0 Å². The van der Waals surface area contributed by atoms with E-state index in [-0.39, 0.29) is 34.6 Å². The summed E-state index contributed by atoms with van der Waals surface area (Å²) in [6.07, 6.45) is 2.33. The Labute approximate surface area is 159 Å². The van der Waals surface area contributed by atoms with E-state index in [1.807, 2.05) is 0 Å². The topological polar surface area (TPSA) is 105 Å². The number of nitrogens with one attached hydrogen (secondary N) is 2. The van der Waals surface area contributed by atoms with Gasteiger partial charge in [0.2, 0.25) is 0 Å². The molecule has 0 aromatic heterocycles. The second-order valence-corrected chi connectivity index (χ2v) is 8.52. The Morgan fingerprint density at radius 1 is 1.30 bits per heavy atom. The Hall–Kier alpha value is -1.97. The lowest BCUT2D eigenvalue weighted by Gasteiger charge is -2.18. The standard InChI is InChI=1S/C18H25N3O5S/c1-2-7-19-8-9-20-17(22)13-5-6-15-16(11-13)27(24,25)21(18(15)23)12-14-4-3-10-26-14/h5-6,11,14,19H,2-4,7-10,12H2,1H3,(H,20,22). The van der Waals surface area contributed by atoms with Crippen LogP contribution in [0.1, 0.15) is 46.9 Å². The molecule has 9 heteroatoms. The average Bonchev–Trinajstić information content (AvgIpc) is 3.23. The van der Waals surface area contributed by atoms with E-state index in [4.69, 9.17) is 4.74 Å². The molecule has 1 fully saturated rings. The van der Waals surface area contributed by atoms with Crippen LogP contribution in [0.2, 0.25) is 0 Å². The van der Waals surface area contributed by atoms with E-state index >= 15 is 0 Å². The Morgan fingerprint density at radius 2 is 2.11 bits per heavy atom. The molecule has 1 aromatic rings. The Balaban J connectivity index is 1.72. The fourth-order valence-corrected chi connectivity index (χ4v) is 4.86. The van der Waals surface area contributed by atoms with Crippen LogP contribution in [-0.4, -0.2) is 63.4 Å². The minimum atomic E-state index is -3.96. The molecule has 2 aliphatic heterocycles. The van der Waals surface area contributed by atoms with E-state index in [1.54, 1.807) is 0 Å². The fraction of sp³-hybridized carbons (Fsp3) is 0.556. The second-order valence-electron chi connectivity index (χ2n) is 6.69. The van der Waals surface area contributed by atoms with Crippen LogP contribution < -0.4 is 10.6 Å². The molecule has 3 rings (SSSR count). The van der Waals surface area contributed by atoms with Crippen molar-refractivity contribution in [1.82, 2.24) is 14.9 Å². The highest BCUT2D eigenvalue weighted by Crippen LogP contribution is 2.32. The molecule has 148 valence electrons. The average molecular weight is 395 g/mol. The number of fused-ring (bicyclic) bond motifs is 1. The first-order chi connectivity index (χ1) is 12.9. The van der Waals surface area contributed by atoms with Crippen molar-refractivity contribution in [2.24, 2.45) is 0 Å². The van der Waals surface area contributed by atoms with Crippen molar-refractivity contribution in [2.75, 3.05) is 32.8 Å². The Bertz CT molecular complexity index is 818. The number of sulfonamides is 1. The Morgan fingerprint density at radius 3 is 2.81 bits per heavy atom. The molecule has 2 N–H and O–H groups in total. The molecule has 2 aliphatic rings. The van der Waals surface area contributed by atoms with Crippen LogP contribution in [0.25, 0.3) is 0 Å². The molecule has 2 amide bonds. The summed E-state index contributed by atoms with van der Waals surface area (Å²) in [5, 5.41) is 5.91. The van der Waals surface area contributed by atoms with Crippen molar-refractivity contribution >= 4 is 21.8 Å². The molecule has 0 bridgehead atoms. The molecule has 1 unspecified atom stereocenters. The van der Waals surface area contributed by atoms with Crippen molar-refractivity contribution in [3.8, 4) is 0 Å². The summed E-state index contributed by atoms with van der Waals surface area (Å²) in [7, 11) is -3.96. The Kier molecular flexibility index (Phi) is 6.13. The molecule has 0 spiro atoms. The zero-order valence-electron chi connectivity index (χ0n) is 15.4. The van der Waals surface area contributed by atoms with Gasteiger partial charge in [-0.25, -0.2) is 12.7 Å². The number of amides is 2. The van der Waals surface area contributed by atoms with Crippen molar-refractivity contribution in [3.63, 3.8) is 0 Å². The predicted molar refractivity (Wildman–Crippen MR) is 99.1 cm³/mol. The summed E-state index contributed by atoms with van der Waals surface area (Å²) in [6.45, 7) is 4.59. The summed E-state index contributed by atoms with van der Waals surface area (Å²) in [4.78, 5) is 24.7. The van der Waals surface area contributed by atoms with Crippen LogP contribution >= 0.6 is 0 Å². The normalized spacial score (nSPS) is 20.7. The monoisotopic (exact) mass is 395 g/mol. The van der Waals surface area contributed by atoms with Crippen molar-refractivity contribution in [3.05, 3.63) is 29.3 Å². The molecular formula is C18H25N3O5S. The number of ether oxygens (including phenoxy) is 1. The summed E-state index contributed by atoms with van der Waals surface area (Å²) in [5.74, 6) is -0.924. The van der Waals surface area contributed by atoms with Gasteiger partial charge >= 0.3 is 0 Å². The molecular weight excluding hydrogens is 370 g/mol. The van der Waals surface area contributed by atoms with Crippen molar-refractivity contribution < 1.29 is 22.7 Å². The maximum Gasteiger partial charge on any atom is 0.269 e. The SMILES string of the molecule is CCCNCCNC(=O)c1ccc2c(c1)S(=O)(=O)N(CC1CCCO1)C2=O. The second kappa shape index (κ2) is 8.37.